The minimum Gasteiger partial charge on any atom is -0.345 e. The molecule has 0 aliphatic carbocycles. The number of rotatable bonds is 2. The van der Waals surface area contributed by atoms with Crippen molar-refractivity contribution >= 4 is 28.5 Å². The number of nitrogens with zero attached hydrogens (tertiary/aromatic N) is 7. The van der Waals surface area contributed by atoms with Gasteiger partial charge in [0, 0.05) is 36.4 Å². The van der Waals surface area contributed by atoms with Crippen molar-refractivity contribution in [3.8, 4) is 11.4 Å². The number of hydrogen-bond donors (Lipinski definition) is 1. The second-order valence-electron chi connectivity index (χ2n) is 6.91. The lowest BCUT2D eigenvalue weighted by molar-refractivity contribution is -0.143. The van der Waals surface area contributed by atoms with Crippen molar-refractivity contribution in [3.05, 3.63) is 47.4 Å². The molecule has 0 aromatic carbocycles. The van der Waals surface area contributed by atoms with Crippen LogP contribution in [0.4, 0.5) is 19.0 Å². The largest absolute Gasteiger partial charge is 0.433 e. The molecule has 1 unspecified atom stereocenters. The zero-order valence-corrected chi connectivity index (χ0v) is 16.3. The SMILES string of the molecule is CC1c2ncc(C(F)(F)F)n2CCN1c1cnnc(-c2c[nH]c3ncc(Cl)cc23)n1. The molecule has 1 atom stereocenters. The van der Waals surface area contributed by atoms with Gasteiger partial charge >= 0.3 is 6.18 Å². The third-order valence-corrected chi connectivity index (χ3v) is 5.37. The van der Waals surface area contributed by atoms with Crippen LogP contribution in [0.3, 0.4) is 0 Å². The molecule has 0 fully saturated rings. The van der Waals surface area contributed by atoms with Crippen LogP contribution >= 0.6 is 11.6 Å². The summed E-state index contributed by atoms with van der Waals surface area (Å²) in [4.78, 5) is 17.7. The Kier molecular flexibility index (Phi) is 4.17. The summed E-state index contributed by atoms with van der Waals surface area (Å²) in [7, 11) is 0. The first-order valence-corrected chi connectivity index (χ1v) is 9.42. The first kappa shape index (κ1) is 18.8. The van der Waals surface area contributed by atoms with Crippen LogP contribution in [0, 0.1) is 0 Å². The second kappa shape index (κ2) is 6.66. The number of aromatic nitrogens is 7. The number of anilines is 1. The average Bonchev–Trinajstić information content (AvgIpc) is 3.32. The predicted octanol–water partition coefficient (Wildman–Crippen LogP) is 3.86. The summed E-state index contributed by atoms with van der Waals surface area (Å²) in [5, 5.41) is 9.39. The van der Waals surface area contributed by atoms with E-state index in [-0.39, 0.29) is 6.54 Å². The molecule has 0 radical (unpaired) electrons. The third kappa shape index (κ3) is 2.96. The zero-order chi connectivity index (χ0) is 21.0. The van der Waals surface area contributed by atoms with E-state index in [4.69, 9.17) is 11.6 Å². The monoisotopic (exact) mass is 434 g/mol. The van der Waals surface area contributed by atoms with E-state index >= 15 is 0 Å². The Bertz CT molecular complexity index is 1250. The molecule has 5 heterocycles. The molecule has 4 aromatic heterocycles. The van der Waals surface area contributed by atoms with Gasteiger partial charge in [0.1, 0.15) is 17.2 Å². The van der Waals surface area contributed by atoms with E-state index in [2.05, 4.69) is 30.1 Å². The Balaban J connectivity index is 1.52. The molecular formula is C18H14ClF3N8. The molecule has 0 spiro atoms. The molecule has 30 heavy (non-hydrogen) atoms. The fraction of sp³-hybridized carbons (Fsp3) is 0.278. The third-order valence-electron chi connectivity index (χ3n) is 5.16. The second-order valence-corrected chi connectivity index (χ2v) is 7.35. The van der Waals surface area contributed by atoms with E-state index in [1.165, 1.54) is 17.0 Å². The van der Waals surface area contributed by atoms with Crippen molar-refractivity contribution in [3.63, 3.8) is 0 Å². The number of H-pyrrole nitrogens is 1. The lowest BCUT2D eigenvalue weighted by Crippen LogP contribution is -2.38. The summed E-state index contributed by atoms with van der Waals surface area (Å²) >= 11 is 6.06. The minimum atomic E-state index is -4.44. The molecule has 154 valence electrons. The maximum atomic E-state index is 13.2. The molecule has 1 N–H and O–H groups in total. The molecule has 0 saturated carbocycles. The minimum absolute atomic E-state index is 0.139. The van der Waals surface area contributed by atoms with Gasteiger partial charge < -0.3 is 14.5 Å². The van der Waals surface area contributed by atoms with E-state index in [1.54, 1.807) is 19.2 Å². The summed E-state index contributed by atoms with van der Waals surface area (Å²) < 4.78 is 40.8. The van der Waals surface area contributed by atoms with Gasteiger partial charge in [-0.2, -0.15) is 18.3 Å². The van der Waals surface area contributed by atoms with Gasteiger partial charge in [-0.25, -0.2) is 15.0 Å². The zero-order valence-electron chi connectivity index (χ0n) is 15.5. The first-order valence-electron chi connectivity index (χ1n) is 9.05. The normalized spacial score (nSPS) is 16.8. The van der Waals surface area contributed by atoms with Crippen molar-refractivity contribution < 1.29 is 13.2 Å². The van der Waals surface area contributed by atoms with Crippen molar-refractivity contribution in [2.24, 2.45) is 0 Å². The number of aromatic amines is 1. The molecule has 0 saturated heterocycles. The number of halogens is 4. The highest BCUT2D eigenvalue weighted by molar-refractivity contribution is 6.31. The summed E-state index contributed by atoms with van der Waals surface area (Å²) in [6.07, 6.45) is 1.18. The van der Waals surface area contributed by atoms with Gasteiger partial charge in [0.2, 0.25) is 0 Å². The van der Waals surface area contributed by atoms with Crippen LogP contribution in [-0.2, 0) is 12.7 Å². The van der Waals surface area contributed by atoms with Crippen molar-refractivity contribution in [1.29, 1.82) is 0 Å². The van der Waals surface area contributed by atoms with E-state index in [0.717, 1.165) is 11.6 Å². The van der Waals surface area contributed by atoms with Crippen LogP contribution in [0.2, 0.25) is 5.02 Å². The average molecular weight is 435 g/mol. The topological polar surface area (TPSA) is 88.4 Å². The molecule has 12 heteroatoms. The predicted molar refractivity (Wildman–Crippen MR) is 103 cm³/mol. The van der Waals surface area contributed by atoms with Crippen molar-refractivity contribution in [2.75, 3.05) is 11.4 Å². The van der Waals surface area contributed by atoms with Crippen molar-refractivity contribution in [2.45, 2.75) is 25.7 Å². The Morgan fingerprint density at radius 1 is 1.17 bits per heavy atom. The van der Waals surface area contributed by atoms with Gasteiger partial charge in [-0.15, -0.1) is 5.10 Å². The number of nitrogens with one attached hydrogen (secondary N) is 1. The fourth-order valence-corrected chi connectivity index (χ4v) is 3.91. The van der Waals surface area contributed by atoms with Gasteiger partial charge in [0.05, 0.1) is 23.5 Å². The molecule has 1 aliphatic heterocycles. The Hall–Kier alpha value is -3.21. The van der Waals surface area contributed by atoms with Crippen LogP contribution in [-0.4, -0.2) is 41.2 Å². The lowest BCUT2D eigenvalue weighted by atomic mass is 10.2. The summed E-state index contributed by atoms with van der Waals surface area (Å²) in [5.41, 5.74) is 0.574. The maximum Gasteiger partial charge on any atom is 0.433 e. The Morgan fingerprint density at radius 2 is 2.00 bits per heavy atom. The van der Waals surface area contributed by atoms with Gasteiger partial charge in [-0.3, -0.25) is 0 Å². The van der Waals surface area contributed by atoms with Crippen molar-refractivity contribution in [1.82, 2.24) is 34.7 Å². The summed E-state index contributed by atoms with van der Waals surface area (Å²) in [5.74, 6) is 1.19. The smallest absolute Gasteiger partial charge is 0.345 e. The highest BCUT2D eigenvalue weighted by Gasteiger charge is 2.39. The van der Waals surface area contributed by atoms with Crippen LogP contribution in [0.5, 0.6) is 0 Å². The highest BCUT2D eigenvalue weighted by atomic mass is 35.5. The fourth-order valence-electron chi connectivity index (χ4n) is 3.75. The number of hydrogen-bond acceptors (Lipinski definition) is 6. The molecular weight excluding hydrogens is 421 g/mol. The van der Waals surface area contributed by atoms with E-state index in [1.807, 2.05) is 4.90 Å². The quantitative estimate of drug-likeness (QED) is 0.515. The van der Waals surface area contributed by atoms with Gasteiger partial charge in [0.25, 0.3) is 0 Å². The van der Waals surface area contributed by atoms with Crippen LogP contribution < -0.4 is 4.90 Å². The molecule has 0 amide bonds. The van der Waals surface area contributed by atoms with E-state index < -0.39 is 17.9 Å². The molecule has 0 bridgehead atoms. The summed E-state index contributed by atoms with van der Waals surface area (Å²) in [6, 6.07) is 1.34. The Labute approximate surface area is 172 Å². The molecule has 4 aromatic rings. The first-order chi connectivity index (χ1) is 14.3. The van der Waals surface area contributed by atoms with Gasteiger partial charge in [-0.05, 0) is 13.0 Å². The molecule has 1 aliphatic rings. The van der Waals surface area contributed by atoms with Crippen LogP contribution in [0.1, 0.15) is 24.5 Å². The number of alkyl halides is 3. The molecule has 8 nitrogen and oxygen atoms in total. The van der Waals surface area contributed by atoms with Crippen LogP contribution in [0.15, 0.2) is 30.9 Å². The summed E-state index contributed by atoms with van der Waals surface area (Å²) in [6.45, 7) is 2.25. The maximum absolute atomic E-state index is 13.2. The number of imidazole rings is 1. The standard InChI is InChI=1S/C18H14ClF3N8/c1-9-17-25-7-13(18(20,21)22)30(17)3-2-29(9)14-8-26-28-16(27-14)12-6-24-15-11(12)4-10(19)5-23-15/h4-9H,2-3H2,1H3,(H,23,24). The highest BCUT2D eigenvalue weighted by Crippen LogP contribution is 2.36. The van der Waals surface area contributed by atoms with Crippen LogP contribution in [0.25, 0.3) is 22.4 Å². The van der Waals surface area contributed by atoms with E-state index in [9.17, 15) is 13.2 Å². The van der Waals surface area contributed by atoms with Gasteiger partial charge in [-0.1, -0.05) is 11.6 Å². The number of fused-ring (bicyclic) bond motifs is 2. The Morgan fingerprint density at radius 3 is 2.80 bits per heavy atom. The van der Waals surface area contributed by atoms with E-state index in [0.29, 0.717) is 40.2 Å². The van der Waals surface area contributed by atoms with Gasteiger partial charge in [0.15, 0.2) is 11.6 Å². The number of pyridine rings is 1. The lowest BCUT2D eigenvalue weighted by Gasteiger charge is -2.35. The molecule has 5 rings (SSSR count).